The second-order valence-corrected chi connectivity index (χ2v) is 5.68. The zero-order chi connectivity index (χ0) is 14.7. The van der Waals surface area contributed by atoms with Crippen LogP contribution in [0.2, 0.25) is 0 Å². The zero-order valence-electron chi connectivity index (χ0n) is 12.4. The molecule has 110 valence electrons. The minimum atomic E-state index is 0.0982. The molecule has 0 radical (unpaired) electrons. The van der Waals surface area contributed by atoms with Crippen molar-refractivity contribution < 1.29 is 4.74 Å². The van der Waals surface area contributed by atoms with Crippen molar-refractivity contribution in [1.82, 2.24) is 5.43 Å². The van der Waals surface area contributed by atoms with Crippen LogP contribution in [-0.2, 0) is 11.2 Å². The molecule has 2 unspecified atom stereocenters. The van der Waals surface area contributed by atoms with Crippen molar-refractivity contribution in [2.45, 2.75) is 31.9 Å². The Morgan fingerprint density at radius 2 is 2.10 bits per heavy atom. The first-order valence-corrected chi connectivity index (χ1v) is 7.50. The van der Waals surface area contributed by atoms with Gasteiger partial charge in [0.05, 0.1) is 12.7 Å². The third kappa shape index (κ3) is 3.16. The summed E-state index contributed by atoms with van der Waals surface area (Å²) >= 11 is 0. The maximum atomic E-state index is 5.99. The molecule has 2 atom stereocenters. The van der Waals surface area contributed by atoms with Gasteiger partial charge in [0.25, 0.3) is 0 Å². The number of nitrogens with one attached hydrogen (secondary N) is 1. The van der Waals surface area contributed by atoms with E-state index in [0.717, 1.165) is 19.4 Å². The average molecular weight is 282 g/mol. The minimum Gasteiger partial charge on any atom is -0.373 e. The Labute approximate surface area is 126 Å². The van der Waals surface area contributed by atoms with E-state index in [1.54, 1.807) is 0 Å². The summed E-state index contributed by atoms with van der Waals surface area (Å²) in [6.45, 7) is 2.89. The summed E-state index contributed by atoms with van der Waals surface area (Å²) in [4.78, 5) is 0. The Balaban J connectivity index is 1.82. The summed E-state index contributed by atoms with van der Waals surface area (Å²) in [6, 6.07) is 17.1. The van der Waals surface area contributed by atoms with Gasteiger partial charge in [-0.25, -0.2) is 0 Å². The van der Waals surface area contributed by atoms with Crippen LogP contribution in [0.4, 0.5) is 0 Å². The molecule has 3 rings (SSSR count). The van der Waals surface area contributed by atoms with Crippen molar-refractivity contribution in [1.29, 1.82) is 0 Å². The number of ether oxygens (including phenoxy) is 1. The normalized spacial score (nSPS) is 19.0. The quantitative estimate of drug-likeness (QED) is 0.668. The van der Waals surface area contributed by atoms with Crippen molar-refractivity contribution in [2.24, 2.45) is 5.84 Å². The molecule has 0 amide bonds. The van der Waals surface area contributed by atoms with E-state index in [2.05, 4.69) is 60.9 Å². The summed E-state index contributed by atoms with van der Waals surface area (Å²) < 4.78 is 5.99. The van der Waals surface area contributed by atoms with E-state index in [0.29, 0.717) is 0 Å². The van der Waals surface area contributed by atoms with Gasteiger partial charge in [-0.3, -0.25) is 11.3 Å². The molecule has 3 N–H and O–H groups in total. The van der Waals surface area contributed by atoms with Crippen LogP contribution in [-0.4, -0.2) is 6.61 Å². The van der Waals surface area contributed by atoms with Crippen molar-refractivity contribution in [3.8, 4) is 0 Å². The number of hydrazine groups is 1. The highest BCUT2D eigenvalue weighted by molar-refractivity contribution is 5.32. The smallest absolute Gasteiger partial charge is 0.0846 e. The van der Waals surface area contributed by atoms with Gasteiger partial charge >= 0.3 is 0 Å². The van der Waals surface area contributed by atoms with Gasteiger partial charge in [-0.15, -0.1) is 0 Å². The van der Waals surface area contributed by atoms with Crippen LogP contribution in [0.1, 0.15) is 40.8 Å². The van der Waals surface area contributed by atoms with E-state index < -0.39 is 0 Å². The molecule has 1 aliphatic rings. The fourth-order valence-corrected chi connectivity index (χ4v) is 3.07. The van der Waals surface area contributed by atoms with Crippen LogP contribution in [0, 0.1) is 6.92 Å². The summed E-state index contributed by atoms with van der Waals surface area (Å²) in [6.07, 6.45) is 1.95. The second kappa shape index (κ2) is 6.39. The molecule has 0 aromatic heterocycles. The van der Waals surface area contributed by atoms with E-state index >= 15 is 0 Å². The van der Waals surface area contributed by atoms with E-state index in [4.69, 9.17) is 10.6 Å². The number of aryl methyl sites for hydroxylation is 1. The van der Waals surface area contributed by atoms with Crippen molar-refractivity contribution in [3.63, 3.8) is 0 Å². The number of fused-ring (bicyclic) bond motifs is 1. The van der Waals surface area contributed by atoms with Gasteiger partial charge in [-0.1, -0.05) is 54.1 Å². The van der Waals surface area contributed by atoms with Crippen molar-refractivity contribution >= 4 is 0 Å². The highest BCUT2D eigenvalue weighted by Crippen LogP contribution is 2.34. The monoisotopic (exact) mass is 282 g/mol. The molecule has 0 spiro atoms. The van der Waals surface area contributed by atoms with Crippen LogP contribution < -0.4 is 11.3 Å². The Hall–Kier alpha value is -1.68. The number of benzene rings is 2. The van der Waals surface area contributed by atoms with Crippen molar-refractivity contribution in [3.05, 3.63) is 70.8 Å². The molecule has 1 heterocycles. The highest BCUT2D eigenvalue weighted by atomic mass is 16.5. The summed E-state index contributed by atoms with van der Waals surface area (Å²) in [5, 5.41) is 0. The summed E-state index contributed by atoms with van der Waals surface area (Å²) in [5.41, 5.74) is 8.10. The predicted octanol–water partition coefficient (Wildman–Crippen LogP) is 3.20. The first-order valence-electron chi connectivity index (χ1n) is 7.50. The Morgan fingerprint density at radius 3 is 2.90 bits per heavy atom. The molecule has 21 heavy (non-hydrogen) atoms. The fourth-order valence-electron chi connectivity index (χ4n) is 3.07. The van der Waals surface area contributed by atoms with Gasteiger partial charge in [-0.05, 0) is 36.5 Å². The fraction of sp³-hybridized carbons (Fsp3) is 0.333. The highest BCUT2D eigenvalue weighted by Gasteiger charge is 2.24. The molecule has 0 saturated carbocycles. The number of nitrogens with two attached hydrogens (primary N) is 1. The lowest BCUT2D eigenvalue weighted by atomic mass is 9.91. The first-order chi connectivity index (χ1) is 10.3. The minimum absolute atomic E-state index is 0.0982. The van der Waals surface area contributed by atoms with Gasteiger partial charge in [0.2, 0.25) is 0 Å². The first kappa shape index (κ1) is 14.3. The van der Waals surface area contributed by atoms with Crippen LogP contribution in [0.15, 0.2) is 48.5 Å². The molecule has 2 aromatic carbocycles. The molecule has 2 aromatic rings. The lowest BCUT2D eigenvalue weighted by Gasteiger charge is -2.29. The SMILES string of the molecule is Cc1cccc(C(CC2OCCc3ccccc32)NN)c1. The molecule has 3 heteroatoms. The Bertz CT molecular complexity index is 612. The Kier molecular flexibility index (Phi) is 4.34. The van der Waals surface area contributed by atoms with E-state index in [1.807, 2.05) is 0 Å². The number of rotatable bonds is 4. The standard InChI is InChI=1S/C18H22N2O/c1-13-5-4-7-15(11-13)17(20-19)12-18-16-8-3-2-6-14(16)9-10-21-18/h2-8,11,17-18,20H,9-10,12,19H2,1H3. The number of hydrogen-bond donors (Lipinski definition) is 2. The van der Waals surface area contributed by atoms with E-state index in [-0.39, 0.29) is 12.1 Å². The summed E-state index contributed by atoms with van der Waals surface area (Å²) in [7, 11) is 0. The number of hydrogen-bond acceptors (Lipinski definition) is 3. The van der Waals surface area contributed by atoms with Crippen LogP contribution in [0.25, 0.3) is 0 Å². The maximum absolute atomic E-state index is 5.99. The van der Waals surface area contributed by atoms with Crippen LogP contribution in [0.3, 0.4) is 0 Å². The molecular weight excluding hydrogens is 260 g/mol. The molecule has 0 fully saturated rings. The molecule has 0 bridgehead atoms. The molecule has 0 saturated heterocycles. The summed E-state index contributed by atoms with van der Waals surface area (Å²) in [5.74, 6) is 5.79. The van der Waals surface area contributed by atoms with Gasteiger partial charge in [0, 0.05) is 6.04 Å². The van der Waals surface area contributed by atoms with E-state index in [1.165, 1.54) is 22.3 Å². The molecule has 1 aliphatic heterocycles. The third-order valence-electron chi connectivity index (χ3n) is 4.19. The zero-order valence-corrected chi connectivity index (χ0v) is 12.4. The lowest BCUT2D eigenvalue weighted by Crippen LogP contribution is -2.31. The molecule has 3 nitrogen and oxygen atoms in total. The Morgan fingerprint density at radius 1 is 1.24 bits per heavy atom. The van der Waals surface area contributed by atoms with Crippen molar-refractivity contribution in [2.75, 3.05) is 6.61 Å². The maximum Gasteiger partial charge on any atom is 0.0846 e. The third-order valence-corrected chi connectivity index (χ3v) is 4.19. The van der Waals surface area contributed by atoms with E-state index in [9.17, 15) is 0 Å². The van der Waals surface area contributed by atoms with Crippen LogP contribution in [0.5, 0.6) is 0 Å². The van der Waals surface area contributed by atoms with Gasteiger partial charge in [0.15, 0.2) is 0 Å². The van der Waals surface area contributed by atoms with Crippen LogP contribution >= 0.6 is 0 Å². The largest absolute Gasteiger partial charge is 0.373 e. The molecule has 0 aliphatic carbocycles. The average Bonchev–Trinajstić information content (AvgIpc) is 2.52. The van der Waals surface area contributed by atoms with Gasteiger partial charge in [-0.2, -0.15) is 0 Å². The molecular formula is C18H22N2O. The topological polar surface area (TPSA) is 47.3 Å². The lowest BCUT2D eigenvalue weighted by molar-refractivity contribution is 0.0293. The van der Waals surface area contributed by atoms with Gasteiger partial charge < -0.3 is 4.74 Å². The second-order valence-electron chi connectivity index (χ2n) is 5.68. The predicted molar refractivity (Wildman–Crippen MR) is 84.7 cm³/mol. The van der Waals surface area contributed by atoms with Gasteiger partial charge in [0.1, 0.15) is 0 Å².